The smallest absolute Gasteiger partial charge is 0.273 e. The van der Waals surface area contributed by atoms with Crippen molar-refractivity contribution in [2.45, 2.75) is 13.0 Å². The van der Waals surface area contributed by atoms with E-state index in [-0.39, 0.29) is 16.9 Å². The fraction of sp³-hybridized carbons (Fsp3) is 0.214. The Labute approximate surface area is 117 Å². The van der Waals surface area contributed by atoms with Crippen LogP contribution in [0.1, 0.15) is 17.4 Å². The quantitative estimate of drug-likeness (QED) is 0.869. The van der Waals surface area contributed by atoms with Gasteiger partial charge in [0.1, 0.15) is 5.69 Å². The Hall–Kier alpha value is -2.01. The highest BCUT2D eigenvalue weighted by Gasteiger charge is 2.21. The van der Waals surface area contributed by atoms with Crippen molar-refractivity contribution in [3.05, 3.63) is 42.2 Å². The third kappa shape index (κ3) is 2.56. The van der Waals surface area contributed by atoms with Crippen molar-refractivity contribution in [1.82, 2.24) is 9.88 Å². The molecule has 1 heterocycles. The van der Waals surface area contributed by atoms with E-state index in [1.54, 1.807) is 20.2 Å². The van der Waals surface area contributed by atoms with E-state index in [1.165, 1.54) is 4.90 Å². The molecule has 0 spiro atoms. The second-order valence-corrected chi connectivity index (χ2v) is 4.85. The minimum atomic E-state index is -0.303. The number of hydrogen-bond acceptors (Lipinski definition) is 3. The van der Waals surface area contributed by atoms with Gasteiger partial charge in [0.2, 0.25) is 0 Å². The maximum atomic E-state index is 12.5. The lowest BCUT2D eigenvalue weighted by Crippen LogP contribution is -2.43. The molecule has 1 aromatic carbocycles. The van der Waals surface area contributed by atoms with Crippen LogP contribution in [0.15, 0.2) is 36.5 Å². The van der Waals surface area contributed by atoms with Crippen LogP contribution in [0.4, 0.5) is 0 Å². The first-order valence-electron chi connectivity index (χ1n) is 5.92. The number of hydrogen-bond donors (Lipinski definition) is 1. The van der Waals surface area contributed by atoms with Gasteiger partial charge >= 0.3 is 0 Å². The predicted molar refractivity (Wildman–Crippen MR) is 80.1 cm³/mol. The Morgan fingerprint density at radius 2 is 2.05 bits per heavy atom. The molecule has 2 N–H and O–H groups in total. The Kier molecular flexibility index (Phi) is 3.76. The van der Waals surface area contributed by atoms with Crippen LogP contribution in [0.3, 0.4) is 0 Å². The summed E-state index contributed by atoms with van der Waals surface area (Å²) in [6, 6.07) is 9.22. The van der Waals surface area contributed by atoms with E-state index in [2.05, 4.69) is 4.98 Å². The van der Waals surface area contributed by atoms with Gasteiger partial charge < -0.3 is 10.6 Å². The molecule has 0 aliphatic heterocycles. The minimum absolute atomic E-state index is 0.183. The number of benzene rings is 1. The van der Waals surface area contributed by atoms with Crippen molar-refractivity contribution in [3.8, 4) is 0 Å². The molecule has 2 rings (SSSR count). The molecule has 98 valence electrons. The summed E-state index contributed by atoms with van der Waals surface area (Å²) >= 11 is 4.92. The molecule has 2 aromatic rings. The number of carbonyl (C=O) groups excluding carboxylic acids is 1. The second-order valence-electron chi connectivity index (χ2n) is 4.38. The zero-order chi connectivity index (χ0) is 14.0. The van der Waals surface area contributed by atoms with Crippen LogP contribution < -0.4 is 5.73 Å². The average molecular weight is 273 g/mol. The maximum Gasteiger partial charge on any atom is 0.273 e. The highest BCUT2D eigenvalue weighted by molar-refractivity contribution is 7.80. The van der Waals surface area contributed by atoms with E-state index in [4.69, 9.17) is 18.0 Å². The van der Waals surface area contributed by atoms with E-state index in [9.17, 15) is 4.79 Å². The number of nitrogens with two attached hydrogens (primary N) is 1. The lowest BCUT2D eigenvalue weighted by Gasteiger charge is -2.23. The monoisotopic (exact) mass is 273 g/mol. The molecule has 5 heteroatoms. The van der Waals surface area contributed by atoms with Crippen LogP contribution in [0.25, 0.3) is 10.8 Å². The molecule has 1 atom stereocenters. The summed E-state index contributed by atoms with van der Waals surface area (Å²) in [6.07, 6.45) is 1.63. The van der Waals surface area contributed by atoms with Gasteiger partial charge in [0.05, 0.1) is 11.0 Å². The fourth-order valence-electron chi connectivity index (χ4n) is 1.82. The van der Waals surface area contributed by atoms with Gasteiger partial charge in [0.15, 0.2) is 0 Å². The predicted octanol–water partition coefficient (Wildman–Crippen LogP) is 1.98. The highest BCUT2D eigenvalue weighted by Crippen LogP contribution is 2.18. The third-order valence-corrected chi connectivity index (χ3v) is 3.53. The molecule has 0 fully saturated rings. The Morgan fingerprint density at radius 1 is 1.37 bits per heavy atom. The van der Waals surface area contributed by atoms with Gasteiger partial charge in [-0.25, -0.2) is 0 Å². The van der Waals surface area contributed by atoms with Crippen LogP contribution >= 0.6 is 12.2 Å². The molecule has 4 nitrogen and oxygen atoms in total. The number of thiocarbonyl (C=S) groups is 1. The topological polar surface area (TPSA) is 59.2 Å². The van der Waals surface area contributed by atoms with Crippen molar-refractivity contribution < 1.29 is 4.79 Å². The molecule has 1 unspecified atom stereocenters. The SMILES string of the molecule is CC(C(N)=S)N(C)C(=O)c1nccc2ccccc12. The number of amides is 1. The molecule has 0 radical (unpaired) electrons. The summed E-state index contributed by atoms with van der Waals surface area (Å²) in [7, 11) is 1.68. The molecule has 0 saturated carbocycles. The minimum Gasteiger partial charge on any atom is -0.392 e. The summed E-state index contributed by atoms with van der Waals surface area (Å²) in [5.41, 5.74) is 6.00. The number of nitrogens with zero attached hydrogens (tertiary/aromatic N) is 2. The second kappa shape index (κ2) is 5.32. The summed E-state index contributed by atoms with van der Waals surface area (Å²) < 4.78 is 0. The van der Waals surface area contributed by atoms with Crippen molar-refractivity contribution in [3.63, 3.8) is 0 Å². The van der Waals surface area contributed by atoms with Crippen molar-refractivity contribution in [1.29, 1.82) is 0 Å². The molecule has 1 amide bonds. The number of fused-ring (bicyclic) bond motifs is 1. The molecule has 19 heavy (non-hydrogen) atoms. The highest BCUT2D eigenvalue weighted by atomic mass is 32.1. The number of carbonyl (C=O) groups is 1. The molecule has 0 aliphatic rings. The summed E-state index contributed by atoms with van der Waals surface area (Å²) in [4.78, 5) is 18.4. The van der Waals surface area contributed by atoms with Crippen LogP contribution in [0, 0.1) is 0 Å². The van der Waals surface area contributed by atoms with Gasteiger partial charge in [-0.05, 0) is 18.4 Å². The Morgan fingerprint density at radius 3 is 2.74 bits per heavy atom. The number of likely N-dealkylation sites (N-methyl/N-ethyl adjacent to an activating group) is 1. The van der Waals surface area contributed by atoms with E-state index in [0.29, 0.717) is 5.69 Å². The van der Waals surface area contributed by atoms with E-state index >= 15 is 0 Å². The molecule has 0 aliphatic carbocycles. The summed E-state index contributed by atoms with van der Waals surface area (Å²) in [5.74, 6) is -0.183. The van der Waals surface area contributed by atoms with Crippen LogP contribution in [0.2, 0.25) is 0 Å². The van der Waals surface area contributed by atoms with Crippen LogP contribution in [-0.2, 0) is 0 Å². The fourth-order valence-corrected chi connectivity index (χ4v) is 1.98. The van der Waals surface area contributed by atoms with Crippen LogP contribution in [-0.4, -0.2) is 33.9 Å². The first kappa shape index (κ1) is 13.4. The van der Waals surface area contributed by atoms with Gasteiger partial charge in [0.25, 0.3) is 5.91 Å². The van der Waals surface area contributed by atoms with E-state index < -0.39 is 0 Å². The lowest BCUT2D eigenvalue weighted by atomic mass is 10.1. The van der Waals surface area contributed by atoms with Crippen molar-refractivity contribution in [2.75, 3.05) is 7.05 Å². The van der Waals surface area contributed by atoms with Gasteiger partial charge in [-0.2, -0.15) is 0 Å². The van der Waals surface area contributed by atoms with E-state index in [1.807, 2.05) is 30.3 Å². The molecule has 1 aromatic heterocycles. The summed E-state index contributed by atoms with van der Waals surface area (Å²) in [5, 5.41) is 1.81. The van der Waals surface area contributed by atoms with Gasteiger partial charge in [0, 0.05) is 18.6 Å². The van der Waals surface area contributed by atoms with Gasteiger partial charge in [-0.15, -0.1) is 0 Å². The summed E-state index contributed by atoms with van der Waals surface area (Å²) in [6.45, 7) is 1.80. The van der Waals surface area contributed by atoms with Gasteiger partial charge in [-0.3, -0.25) is 9.78 Å². The molecule has 0 saturated heterocycles. The zero-order valence-corrected chi connectivity index (χ0v) is 11.6. The zero-order valence-electron chi connectivity index (χ0n) is 10.8. The van der Waals surface area contributed by atoms with Crippen molar-refractivity contribution >= 4 is 33.9 Å². The Balaban J connectivity index is 2.44. The molecular weight excluding hydrogens is 258 g/mol. The standard InChI is InChI=1S/C14H15N3OS/c1-9(13(15)19)17(2)14(18)12-11-6-4-3-5-10(11)7-8-16-12/h3-9H,1-2H3,(H2,15,19). The van der Waals surface area contributed by atoms with Crippen LogP contribution in [0.5, 0.6) is 0 Å². The van der Waals surface area contributed by atoms with Crippen molar-refractivity contribution in [2.24, 2.45) is 5.73 Å². The molecular formula is C14H15N3OS. The first-order chi connectivity index (χ1) is 9.02. The number of aromatic nitrogens is 1. The Bertz CT molecular complexity index is 636. The number of pyridine rings is 1. The van der Waals surface area contributed by atoms with Gasteiger partial charge in [-0.1, -0.05) is 36.5 Å². The third-order valence-electron chi connectivity index (χ3n) is 3.19. The average Bonchev–Trinajstić information content (AvgIpc) is 2.44. The first-order valence-corrected chi connectivity index (χ1v) is 6.33. The van der Waals surface area contributed by atoms with E-state index in [0.717, 1.165) is 10.8 Å². The number of rotatable bonds is 3. The lowest BCUT2D eigenvalue weighted by molar-refractivity contribution is 0.0775. The largest absolute Gasteiger partial charge is 0.392 e. The maximum absolute atomic E-state index is 12.5. The molecule has 0 bridgehead atoms. The normalized spacial score (nSPS) is 12.1.